The van der Waals surface area contributed by atoms with Crippen molar-refractivity contribution >= 4 is 27.3 Å². The first-order valence-corrected chi connectivity index (χ1v) is 10.0. The molecule has 0 radical (unpaired) electrons. The standard InChI is InChI=1S/C23H20N2O3S/c1-14-5-4-6-17(11-14)20-15(2)29-22-21(20)23(27)25(13-24-22)12-19(26)16-7-9-18(28-3)10-8-16/h4-11,13H,12H2,1-3H3. The molecule has 0 aliphatic carbocycles. The molecule has 4 rings (SSSR count). The lowest BCUT2D eigenvalue weighted by Crippen LogP contribution is -2.24. The minimum Gasteiger partial charge on any atom is -0.497 e. The van der Waals surface area contributed by atoms with E-state index in [-0.39, 0.29) is 17.9 Å². The Morgan fingerprint density at radius 3 is 2.59 bits per heavy atom. The maximum atomic E-state index is 13.2. The molecule has 0 fully saturated rings. The lowest BCUT2D eigenvalue weighted by atomic mass is 10.0. The molecule has 0 N–H and O–H groups in total. The van der Waals surface area contributed by atoms with Crippen molar-refractivity contribution in [3.05, 3.63) is 81.2 Å². The van der Waals surface area contributed by atoms with Crippen molar-refractivity contribution in [2.24, 2.45) is 0 Å². The minimum absolute atomic E-state index is 0.0593. The third-order valence-electron chi connectivity index (χ3n) is 4.89. The molecule has 0 saturated heterocycles. The van der Waals surface area contributed by atoms with Gasteiger partial charge < -0.3 is 4.74 Å². The van der Waals surface area contributed by atoms with Gasteiger partial charge in [0.15, 0.2) is 5.78 Å². The normalized spacial score (nSPS) is 11.0. The van der Waals surface area contributed by atoms with Crippen LogP contribution in [0.2, 0.25) is 0 Å². The fourth-order valence-electron chi connectivity index (χ4n) is 3.42. The SMILES string of the molecule is COc1ccc(C(=O)Cn2cnc3sc(C)c(-c4cccc(C)c4)c3c2=O)cc1. The molecule has 0 amide bonds. The average molecular weight is 404 g/mol. The summed E-state index contributed by atoms with van der Waals surface area (Å²) in [4.78, 5) is 32.1. The second-order valence-electron chi connectivity index (χ2n) is 6.91. The van der Waals surface area contributed by atoms with Crippen LogP contribution in [-0.4, -0.2) is 22.4 Å². The number of ether oxygens (including phenoxy) is 1. The lowest BCUT2D eigenvalue weighted by molar-refractivity contribution is 0.0970. The van der Waals surface area contributed by atoms with Gasteiger partial charge in [0.2, 0.25) is 0 Å². The summed E-state index contributed by atoms with van der Waals surface area (Å²) in [6.07, 6.45) is 1.46. The number of benzene rings is 2. The number of thiophene rings is 1. The maximum Gasteiger partial charge on any atom is 0.263 e. The molecular formula is C23H20N2O3S. The van der Waals surface area contributed by atoms with Gasteiger partial charge in [-0.05, 0) is 43.7 Å². The van der Waals surface area contributed by atoms with Crippen molar-refractivity contribution in [3.8, 4) is 16.9 Å². The number of methoxy groups -OCH3 is 1. The van der Waals surface area contributed by atoms with E-state index in [9.17, 15) is 9.59 Å². The number of rotatable bonds is 5. The Bertz CT molecular complexity index is 1270. The van der Waals surface area contributed by atoms with Gasteiger partial charge in [-0.25, -0.2) is 4.98 Å². The number of aromatic nitrogens is 2. The van der Waals surface area contributed by atoms with E-state index in [2.05, 4.69) is 11.1 Å². The molecule has 146 valence electrons. The van der Waals surface area contributed by atoms with Gasteiger partial charge in [0.25, 0.3) is 5.56 Å². The molecule has 0 atom stereocenters. The Morgan fingerprint density at radius 1 is 1.14 bits per heavy atom. The van der Waals surface area contributed by atoms with Crippen LogP contribution in [-0.2, 0) is 6.54 Å². The predicted molar refractivity (Wildman–Crippen MR) is 116 cm³/mol. The number of carbonyl (C=O) groups excluding carboxylic acids is 1. The Balaban J connectivity index is 1.76. The zero-order chi connectivity index (χ0) is 20.5. The lowest BCUT2D eigenvalue weighted by Gasteiger charge is -2.07. The first-order chi connectivity index (χ1) is 14.0. The predicted octanol–water partition coefficient (Wildman–Crippen LogP) is 4.63. The van der Waals surface area contributed by atoms with Crippen LogP contribution in [0, 0.1) is 13.8 Å². The van der Waals surface area contributed by atoms with E-state index in [1.54, 1.807) is 31.4 Å². The van der Waals surface area contributed by atoms with Crippen LogP contribution in [0.3, 0.4) is 0 Å². The summed E-state index contributed by atoms with van der Waals surface area (Å²) in [5.74, 6) is 0.526. The fraction of sp³-hybridized carbons (Fsp3) is 0.174. The Hall–Kier alpha value is -3.25. The zero-order valence-electron chi connectivity index (χ0n) is 16.4. The van der Waals surface area contributed by atoms with E-state index in [1.165, 1.54) is 22.2 Å². The molecule has 0 saturated carbocycles. The number of hydrogen-bond acceptors (Lipinski definition) is 5. The number of ketones is 1. The summed E-state index contributed by atoms with van der Waals surface area (Å²) in [5, 5.41) is 0.572. The van der Waals surface area contributed by atoms with Gasteiger partial charge in [-0.15, -0.1) is 11.3 Å². The van der Waals surface area contributed by atoms with Crippen molar-refractivity contribution in [2.75, 3.05) is 7.11 Å². The first kappa shape index (κ1) is 19.1. The van der Waals surface area contributed by atoms with Crippen molar-refractivity contribution < 1.29 is 9.53 Å². The van der Waals surface area contributed by atoms with Gasteiger partial charge in [-0.2, -0.15) is 0 Å². The van der Waals surface area contributed by atoms with E-state index >= 15 is 0 Å². The molecular weight excluding hydrogens is 384 g/mol. The monoisotopic (exact) mass is 404 g/mol. The van der Waals surface area contributed by atoms with E-state index in [0.717, 1.165) is 21.6 Å². The largest absolute Gasteiger partial charge is 0.497 e. The number of fused-ring (bicyclic) bond motifs is 1. The van der Waals surface area contributed by atoms with E-state index in [4.69, 9.17) is 4.74 Å². The van der Waals surface area contributed by atoms with Gasteiger partial charge in [0.05, 0.1) is 25.4 Å². The van der Waals surface area contributed by atoms with Gasteiger partial charge in [-0.1, -0.05) is 29.8 Å². The second-order valence-corrected chi connectivity index (χ2v) is 8.12. The summed E-state index contributed by atoms with van der Waals surface area (Å²) in [6.45, 7) is 3.96. The third-order valence-corrected chi connectivity index (χ3v) is 5.90. The number of nitrogens with zero attached hydrogens (tertiary/aromatic N) is 2. The molecule has 0 unspecified atom stereocenters. The van der Waals surface area contributed by atoms with Crippen molar-refractivity contribution in [1.82, 2.24) is 9.55 Å². The Kier molecular flexibility index (Phi) is 5.03. The highest BCUT2D eigenvalue weighted by atomic mass is 32.1. The highest BCUT2D eigenvalue weighted by molar-refractivity contribution is 7.19. The molecule has 0 aliphatic heterocycles. The van der Waals surface area contributed by atoms with Crippen LogP contribution in [0.25, 0.3) is 21.3 Å². The van der Waals surface area contributed by atoms with E-state index in [0.29, 0.717) is 21.5 Å². The highest BCUT2D eigenvalue weighted by Crippen LogP contribution is 2.35. The molecule has 0 aliphatic rings. The minimum atomic E-state index is -0.197. The molecule has 2 heterocycles. The number of hydrogen-bond donors (Lipinski definition) is 0. The molecule has 0 spiro atoms. The molecule has 2 aromatic heterocycles. The third kappa shape index (κ3) is 3.59. The molecule has 6 heteroatoms. The van der Waals surface area contributed by atoms with Crippen molar-refractivity contribution in [3.63, 3.8) is 0 Å². The van der Waals surface area contributed by atoms with E-state index in [1.807, 2.05) is 32.0 Å². The van der Waals surface area contributed by atoms with Crippen LogP contribution >= 0.6 is 11.3 Å². The summed E-state index contributed by atoms with van der Waals surface area (Å²) in [5.41, 5.74) is 3.35. The summed E-state index contributed by atoms with van der Waals surface area (Å²) >= 11 is 1.50. The molecule has 2 aromatic carbocycles. The summed E-state index contributed by atoms with van der Waals surface area (Å²) in [7, 11) is 1.58. The fourth-order valence-corrected chi connectivity index (χ4v) is 4.42. The zero-order valence-corrected chi connectivity index (χ0v) is 17.2. The smallest absolute Gasteiger partial charge is 0.263 e. The molecule has 29 heavy (non-hydrogen) atoms. The average Bonchev–Trinajstić information content (AvgIpc) is 3.07. The van der Waals surface area contributed by atoms with Crippen molar-refractivity contribution in [2.45, 2.75) is 20.4 Å². The molecule has 0 bridgehead atoms. The number of aryl methyl sites for hydroxylation is 2. The highest BCUT2D eigenvalue weighted by Gasteiger charge is 2.18. The van der Waals surface area contributed by atoms with Gasteiger partial charge in [0.1, 0.15) is 10.6 Å². The topological polar surface area (TPSA) is 61.2 Å². The van der Waals surface area contributed by atoms with Gasteiger partial charge >= 0.3 is 0 Å². The maximum absolute atomic E-state index is 13.2. The van der Waals surface area contributed by atoms with Crippen LogP contribution in [0.4, 0.5) is 0 Å². The van der Waals surface area contributed by atoms with Crippen LogP contribution < -0.4 is 10.3 Å². The first-order valence-electron chi connectivity index (χ1n) is 9.20. The number of Topliss-reactive ketones (excluding diaryl/α,β-unsaturated/α-hetero) is 1. The second kappa shape index (κ2) is 7.64. The van der Waals surface area contributed by atoms with Crippen LogP contribution in [0.5, 0.6) is 5.75 Å². The summed E-state index contributed by atoms with van der Waals surface area (Å²) < 4.78 is 6.51. The van der Waals surface area contributed by atoms with E-state index < -0.39 is 0 Å². The Labute approximate surface area is 172 Å². The van der Waals surface area contributed by atoms with Crippen LogP contribution in [0.1, 0.15) is 20.8 Å². The number of carbonyl (C=O) groups is 1. The van der Waals surface area contributed by atoms with Gasteiger partial charge in [0, 0.05) is 16.0 Å². The summed E-state index contributed by atoms with van der Waals surface area (Å²) in [6, 6.07) is 14.9. The Morgan fingerprint density at radius 2 is 1.90 bits per heavy atom. The molecule has 5 nitrogen and oxygen atoms in total. The van der Waals surface area contributed by atoms with Crippen molar-refractivity contribution in [1.29, 1.82) is 0 Å². The van der Waals surface area contributed by atoms with Gasteiger partial charge in [-0.3, -0.25) is 14.2 Å². The quantitative estimate of drug-likeness (QED) is 0.455. The molecule has 4 aromatic rings. The van der Waals surface area contributed by atoms with Crippen LogP contribution in [0.15, 0.2) is 59.7 Å².